The van der Waals surface area contributed by atoms with Crippen molar-refractivity contribution in [3.63, 3.8) is 0 Å². The van der Waals surface area contributed by atoms with E-state index in [4.69, 9.17) is 0 Å². The van der Waals surface area contributed by atoms with Gasteiger partial charge in [-0.1, -0.05) is 113 Å². The molecule has 3 rings (SSSR count). The van der Waals surface area contributed by atoms with E-state index >= 15 is 0 Å². The lowest BCUT2D eigenvalue weighted by Crippen LogP contribution is -2.11. The van der Waals surface area contributed by atoms with Gasteiger partial charge in [-0.3, -0.25) is 0 Å². The fourth-order valence-electron chi connectivity index (χ4n) is 4.97. The van der Waals surface area contributed by atoms with Crippen molar-refractivity contribution >= 4 is 0 Å². The molecule has 0 heterocycles. The maximum absolute atomic E-state index is 2.53. The Bertz CT molecular complexity index is 906. The van der Waals surface area contributed by atoms with Crippen LogP contribution in [0.25, 0.3) is 0 Å². The SMILES string of the molecule is CCC(C)CC(c1cccc(C(CC(C)CC)c2ccccc2C)c1)c1ccccc1C. The monoisotopic (exact) mass is 426 g/mol. The lowest BCUT2D eigenvalue weighted by atomic mass is 9.78. The van der Waals surface area contributed by atoms with E-state index in [1.165, 1.54) is 59.1 Å². The van der Waals surface area contributed by atoms with Gasteiger partial charge in [-0.25, -0.2) is 0 Å². The van der Waals surface area contributed by atoms with Crippen molar-refractivity contribution in [1.29, 1.82) is 0 Å². The third-order valence-corrected chi connectivity index (χ3v) is 7.51. The molecular formula is C32H42. The van der Waals surface area contributed by atoms with Crippen LogP contribution in [-0.2, 0) is 0 Å². The molecule has 0 saturated heterocycles. The topological polar surface area (TPSA) is 0 Å². The Kier molecular flexibility index (Phi) is 8.74. The molecule has 4 unspecified atom stereocenters. The van der Waals surface area contributed by atoms with Gasteiger partial charge in [-0.15, -0.1) is 0 Å². The Morgan fingerprint density at radius 3 is 1.34 bits per heavy atom. The number of benzene rings is 3. The predicted molar refractivity (Wildman–Crippen MR) is 141 cm³/mol. The van der Waals surface area contributed by atoms with E-state index in [1.54, 1.807) is 0 Å². The van der Waals surface area contributed by atoms with Gasteiger partial charge in [0, 0.05) is 11.8 Å². The molecule has 0 N–H and O–H groups in total. The van der Waals surface area contributed by atoms with Gasteiger partial charge >= 0.3 is 0 Å². The molecule has 0 amide bonds. The van der Waals surface area contributed by atoms with Crippen molar-refractivity contribution in [2.45, 2.75) is 79.1 Å². The molecule has 0 aliphatic carbocycles. The summed E-state index contributed by atoms with van der Waals surface area (Å²) in [5, 5.41) is 0. The molecular weight excluding hydrogens is 384 g/mol. The quantitative estimate of drug-likeness (QED) is 0.303. The first kappa shape index (κ1) is 24.3. The fourth-order valence-corrected chi connectivity index (χ4v) is 4.97. The van der Waals surface area contributed by atoms with Crippen molar-refractivity contribution in [2.75, 3.05) is 0 Å². The molecule has 0 aromatic heterocycles. The fraction of sp³-hybridized carbons (Fsp3) is 0.438. The van der Waals surface area contributed by atoms with Gasteiger partial charge in [0.25, 0.3) is 0 Å². The smallest absolute Gasteiger partial charge is 0.00945 e. The zero-order valence-corrected chi connectivity index (χ0v) is 21.1. The van der Waals surface area contributed by atoms with E-state index in [9.17, 15) is 0 Å². The van der Waals surface area contributed by atoms with E-state index in [0.29, 0.717) is 23.7 Å². The first-order valence-electron chi connectivity index (χ1n) is 12.6. The second-order valence-corrected chi connectivity index (χ2v) is 9.99. The summed E-state index contributed by atoms with van der Waals surface area (Å²) in [4.78, 5) is 0. The first-order valence-corrected chi connectivity index (χ1v) is 12.6. The minimum Gasteiger partial charge on any atom is -0.0651 e. The largest absolute Gasteiger partial charge is 0.0651 e. The highest BCUT2D eigenvalue weighted by Crippen LogP contribution is 2.38. The van der Waals surface area contributed by atoms with Crippen molar-refractivity contribution in [3.05, 3.63) is 106 Å². The summed E-state index contributed by atoms with van der Waals surface area (Å²) in [5.74, 6) is 2.31. The minimum atomic E-state index is 0.451. The Hall–Kier alpha value is -2.34. The van der Waals surface area contributed by atoms with Gasteiger partial charge in [-0.05, 0) is 71.9 Å². The van der Waals surface area contributed by atoms with Gasteiger partial charge in [0.1, 0.15) is 0 Å². The molecule has 0 aliphatic rings. The second kappa shape index (κ2) is 11.5. The number of hydrogen-bond acceptors (Lipinski definition) is 0. The summed E-state index contributed by atoms with van der Waals surface area (Å²) in [5.41, 5.74) is 8.72. The zero-order valence-electron chi connectivity index (χ0n) is 21.1. The van der Waals surface area contributed by atoms with Crippen LogP contribution in [0.2, 0.25) is 0 Å². The summed E-state index contributed by atoms with van der Waals surface area (Å²) in [7, 11) is 0. The standard InChI is InChI=1S/C32H42/c1-7-23(3)20-31(29-18-11-9-14-25(29)5)27-16-13-17-28(22-27)32(21-24(4)8-2)30-19-12-10-15-26(30)6/h9-19,22-24,31-32H,7-8,20-21H2,1-6H3. The molecule has 0 aliphatic heterocycles. The Labute approximate surface area is 197 Å². The first-order chi connectivity index (χ1) is 15.4. The van der Waals surface area contributed by atoms with Crippen LogP contribution >= 0.6 is 0 Å². The molecule has 32 heavy (non-hydrogen) atoms. The maximum atomic E-state index is 2.53. The van der Waals surface area contributed by atoms with E-state index < -0.39 is 0 Å². The summed E-state index contributed by atoms with van der Waals surface area (Å²) >= 11 is 0. The summed E-state index contributed by atoms with van der Waals surface area (Å²) in [6.45, 7) is 14.0. The maximum Gasteiger partial charge on any atom is 0.00945 e. The lowest BCUT2D eigenvalue weighted by Gasteiger charge is -2.27. The molecule has 0 radical (unpaired) electrons. The van der Waals surface area contributed by atoms with Crippen molar-refractivity contribution in [2.24, 2.45) is 11.8 Å². The molecule has 0 bridgehead atoms. The molecule has 3 aromatic carbocycles. The van der Waals surface area contributed by atoms with Crippen LogP contribution in [0.15, 0.2) is 72.8 Å². The van der Waals surface area contributed by atoms with Gasteiger partial charge in [-0.2, -0.15) is 0 Å². The number of aryl methyl sites for hydroxylation is 2. The average Bonchev–Trinajstić information content (AvgIpc) is 2.82. The van der Waals surface area contributed by atoms with Crippen molar-refractivity contribution in [1.82, 2.24) is 0 Å². The third-order valence-electron chi connectivity index (χ3n) is 7.51. The summed E-state index contributed by atoms with van der Waals surface area (Å²) in [6.07, 6.45) is 4.85. The van der Waals surface area contributed by atoms with Crippen LogP contribution in [-0.4, -0.2) is 0 Å². The minimum absolute atomic E-state index is 0.451. The molecule has 3 aromatic rings. The molecule has 170 valence electrons. The molecule has 0 saturated carbocycles. The third kappa shape index (κ3) is 5.91. The highest BCUT2D eigenvalue weighted by molar-refractivity contribution is 5.43. The molecule has 0 fully saturated rings. The van der Waals surface area contributed by atoms with Crippen LogP contribution in [0.3, 0.4) is 0 Å². The Morgan fingerprint density at radius 2 is 0.969 bits per heavy atom. The molecule has 0 nitrogen and oxygen atoms in total. The number of rotatable bonds is 10. The summed E-state index contributed by atoms with van der Waals surface area (Å²) < 4.78 is 0. The highest BCUT2D eigenvalue weighted by Gasteiger charge is 2.22. The van der Waals surface area contributed by atoms with E-state index in [0.717, 1.165) is 0 Å². The molecule has 0 spiro atoms. The van der Waals surface area contributed by atoms with Gasteiger partial charge < -0.3 is 0 Å². The van der Waals surface area contributed by atoms with E-state index in [2.05, 4.69) is 114 Å². The van der Waals surface area contributed by atoms with Gasteiger partial charge in [0.05, 0.1) is 0 Å². The highest BCUT2D eigenvalue weighted by atomic mass is 14.3. The van der Waals surface area contributed by atoms with Crippen LogP contribution in [0, 0.1) is 25.7 Å². The summed E-state index contributed by atoms with van der Waals surface area (Å²) in [6, 6.07) is 27.5. The van der Waals surface area contributed by atoms with Crippen molar-refractivity contribution < 1.29 is 0 Å². The van der Waals surface area contributed by atoms with Crippen molar-refractivity contribution in [3.8, 4) is 0 Å². The van der Waals surface area contributed by atoms with E-state index in [-0.39, 0.29) is 0 Å². The van der Waals surface area contributed by atoms with Crippen LogP contribution < -0.4 is 0 Å². The van der Waals surface area contributed by atoms with Crippen LogP contribution in [0.1, 0.15) is 98.6 Å². The average molecular weight is 427 g/mol. The number of hydrogen-bond donors (Lipinski definition) is 0. The van der Waals surface area contributed by atoms with E-state index in [1.807, 2.05) is 0 Å². The van der Waals surface area contributed by atoms with Gasteiger partial charge in [0.15, 0.2) is 0 Å². The zero-order chi connectivity index (χ0) is 23.1. The molecule has 0 heteroatoms. The van der Waals surface area contributed by atoms with Crippen LogP contribution in [0.4, 0.5) is 0 Å². The Balaban J connectivity index is 2.07. The predicted octanol–water partition coefficient (Wildman–Crippen LogP) is 9.44. The normalized spacial score (nSPS) is 15.2. The second-order valence-electron chi connectivity index (χ2n) is 9.99. The lowest BCUT2D eigenvalue weighted by molar-refractivity contribution is 0.478. The molecule has 4 atom stereocenters. The van der Waals surface area contributed by atoms with Crippen LogP contribution in [0.5, 0.6) is 0 Å². The Morgan fingerprint density at radius 1 is 0.562 bits per heavy atom. The van der Waals surface area contributed by atoms with Gasteiger partial charge in [0.2, 0.25) is 0 Å².